The van der Waals surface area contributed by atoms with E-state index in [-0.39, 0.29) is 0 Å². The Morgan fingerprint density at radius 1 is 1.33 bits per heavy atom. The number of hydrogen-bond acceptors (Lipinski definition) is 5. The lowest BCUT2D eigenvalue weighted by Crippen LogP contribution is -2.29. The second-order valence-corrected chi connectivity index (χ2v) is 6.56. The van der Waals surface area contributed by atoms with Crippen LogP contribution in [0.25, 0.3) is 11.5 Å². The van der Waals surface area contributed by atoms with E-state index in [0.29, 0.717) is 24.5 Å². The number of hydrogen-bond donors (Lipinski definition) is 1. The number of methoxy groups -OCH3 is 1. The summed E-state index contributed by atoms with van der Waals surface area (Å²) in [5.41, 5.74) is 7.79. The minimum absolute atomic E-state index is 0.334. The maximum Gasteiger partial charge on any atom is 0.226 e. The van der Waals surface area contributed by atoms with Gasteiger partial charge in [-0.15, -0.1) is 0 Å². The Balaban J connectivity index is 1.59. The largest absolute Gasteiger partial charge is 0.497 e. The standard InChI is InChI=1S/C19H26N2O3/c1-13-18(12-23-11-14-5-3-7-16(20)9-14)21-19(24-13)15-6-4-8-17(10-15)22-2/h4,6,8,10,14,16H,3,5,7,9,11-12,20H2,1-2H3. The summed E-state index contributed by atoms with van der Waals surface area (Å²) in [4.78, 5) is 4.58. The number of ether oxygens (including phenoxy) is 2. The molecule has 1 fully saturated rings. The Labute approximate surface area is 143 Å². The van der Waals surface area contributed by atoms with Gasteiger partial charge in [-0.05, 0) is 50.3 Å². The van der Waals surface area contributed by atoms with Crippen LogP contribution in [0.3, 0.4) is 0 Å². The first-order valence-electron chi connectivity index (χ1n) is 8.59. The summed E-state index contributed by atoms with van der Waals surface area (Å²) < 4.78 is 16.9. The third kappa shape index (κ3) is 4.16. The van der Waals surface area contributed by atoms with Gasteiger partial charge in [-0.1, -0.05) is 12.5 Å². The Morgan fingerprint density at radius 2 is 2.21 bits per heavy atom. The number of aryl methyl sites for hydroxylation is 1. The van der Waals surface area contributed by atoms with Crippen LogP contribution in [0.1, 0.15) is 37.1 Å². The molecule has 1 aliphatic rings. The monoisotopic (exact) mass is 330 g/mol. The molecule has 0 amide bonds. The molecule has 0 bridgehead atoms. The molecule has 0 saturated heterocycles. The first-order valence-corrected chi connectivity index (χ1v) is 8.59. The number of benzene rings is 1. The molecule has 1 aromatic heterocycles. The van der Waals surface area contributed by atoms with Crippen molar-refractivity contribution in [3.8, 4) is 17.2 Å². The molecule has 1 heterocycles. The second kappa shape index (κ2) is 7.81. The number of aromatic nitrogens is 1. The van der Waals surface area contributed by atoms with Gasteiger partial charge in [0.25, 0.3) is 0 Å². The number of nitrogens with two attached hydrogens (primary N) is 1. The molecule has 1 aliphatic carbocycles. The van der Waals surface area contributed by atoms with Gasteiger partial charge >= 0.3 is 0 Å². The number of nitrogens with zero attached hydrogens (tertiary/aromatic N) is 1. The van der Waals surface area contributed by atoms with Crippen molar-refractivity contribution in [2.45, 2.75) is 45.3 Å². The lowest BCUT2D eigenvalue weighted by Gasteiger charge is -2.26. The van der Waals surface area contributed by atoms with Gasteiger partial charge in [0.1, 0.15) is 17.2 Å². The molecular formula is C19H26N2O3. The fourth-order valence-electron chi connectivity index (χ4n) is 3.25. The van der Waals surface area contributed by atoms with Gasteiger partial charge < -0.3 is 19.6 Å². The fraction of sp³-hybridized carbons (Fsp3) is 0.526. The van der Waals surface area contributed by atoms with E-state index in [9.17, 15) is 0 Å². The highest BCUT2D eigenvalue weighted by Gasteiger charge is 2.20. The van der Waals surface area contributed by atoms with Crippen LogP contribution in [0.5, 0.6) is 5.75 Å². The number of rotatable bonds is 6. The zero-order valence-corrected chi connectivity index (χ0v) is 14.5. The van der Waals surface area contributed by atoms with E-state index in [1.807, 2.05) is 31.2 Å². The van der Waals surface area contributed by atoms with Gasteiger partial charge in [0.05, 0.1) is 13.7 Å². The van der Waals surface area contributed by atoms with Crippen LogP contribution in [0.2, 0.25) is 0 Å². The van der Waals surface area contributed by atoms with Gasteiger partial charge in [0.2, 0.25) is 5.89 Å². The van der Waals surface area contributed by atoms with Crippen LogP contribution >= 0.6 is 0 Å². The van der Waals surface area contributed by atoms with E-state index >= 15 is 0 Å². The lowest BCUT2D eigenvalue weighted by molar-refractivity contribution is 0.0686. The molecule has 2 atom stereocenters. The molecule has 1 saturated carbocycles. The summed E-state index contributed by atoms with van der Waals surface area (Å²) in [6, 6.07) is 8.04. The lowest BCUT2D eigenvalue weighted by atomic mass is 9.87. The van der Waals surface area contributed by atoms with Crippen LogP contribution in [0.15, 0.2) is 28.7 Å². The summed E-state index contributed by atoms with van der Waals surface area (Å²) in [7, 11) is 1.65. The molecular weight excluding hydrogens is 304 g/mol. The van der Waals surface area contributed by atoms with Crippen LogP contribution in [0.4, 0.5) is 0 Å². The normalized spacial score (nSPS) is 21.0. The predicted molar refractivity (Wildman–Crippen MR) is 92.8 cm³/mol. The van der Waals surface area contributed by atoms with Crippen molar-refractivity contribution in [3.05, 3.63) is 35.7 Å². The Kier molecular flexibility index (Phi) is 5.53. The molecule has 0 aliphatic heterocycles. The molecule has 5 nitrogen and oxygen atoms in total. The number of oxazole rings is 1. The van der Waals surface area contributed by atoms with E-state index in [0.717, 1.165) is 42.2 Å². The maximum atomic E-state index is 6.03. The SMILES string of the molecule is COc1cccc(-c2nc(COCC3CCCC(N)C3)c(C)o2)c1. The van der Waals surface area contributed by atoms with Crippen molar-refractivity contribution in [1.29, 1.82) is 0 Å². The summed E-state index contributed by atoms with van der Waals surface area (Å²) in [5.74, 6) is 2.76. The summed E-state index contributed by atoms with van der Waals surface area (Å²) >= 11 is 0. The zero-order chi connectivity index (χ0) is 16.9. The molecule has 24 heavy (non-hydrogen) atoms. The van der Waals surface area contributed by atoms with Crippen LogP contribution < -0.4 is 10.5 Å². The summed E-state index contributed by atoms with van der Waals surface area (Å²) in [6.45, 7) is 3.14. The average Bonchev–Trinajstić information content (AvgIpc) is 2.96. The molecule has 5 heteroatoms. The van der Waals surface area contributed by atoms with Crippen molar-refractivity contribution in [1.82, 2.24) is 4.98 Å². The molecule has 3 rings (SSSR count). The molecule has 0 radical (unpaired) electrons. The zero-order valence-electron chi connectivity index (χ0n) is 14.5. The van der Waals surface area contributed by atoms with Crippen molar-refractivity contribution >= 4 is 0 Å². The summed E-state index contributed by atoms with van der Waals surface area (Å²) in [6.07, 6.45) is 4.62. The molecule has 2 unspecified atom stereocenters. The van der Waals surface area contributed by atoms with Gasteiger partial charge in [-0.2, -0.15) is 0 Å². The Bertz CT molecular complexity index is 668. The molecule has 2 N–H and O–H groups in total. The Hall–Kier alpha value is -1.85. The van der Waals surface area contributed by atoms with E-state index in [2.05, 4.69) is 4.98 Å². The van der Waals surface area contributed by atoms with Gasteiger partial charge in [-0.3, -0.25) is 0 Å². The smallest absolute Gasteiger partial charge is 0.226 e. The minimum Gasteiger partial charge on any atom is -0.497 e. The van der Waals surface area contributed by atoms with E-state index in [1.165, 1.54) is 12.8 Å². The van der Waals surface area contributed by atoms with E-state index < -0.39 is 0 Å². The van der Waals surface area contributed by atoms with Gasteiger partial charge in [0.15, 0.2) is 0 Å². The molecule has 0 spiro atoms. The third-order valence-electron chi connectivity index (χ3n) is 4.63. The second-order valence-electron chi connectivity index (χ2n) is 6.56. The first kappa shape index (κ1) is 17.0. The van der Waals surface area contributed by atoms with Crippen molar-refractivity contribution in [2.75, 3.05) is 13.7 Å². The van der Waals surface area contributed by atoms with Crippen LogP contribution in [-0.4, -0.2) is 24.7 Å². The quantitative estimate of drug-likeness (QED) is 0.874. The topological polar surface area (TPSA) is 70.5 Å². The van der Waals surface area contributed by atoms with Gasteiger partial charge in [-0.25, -0.2) is 4.98 Å². The van der Waals surface area contributed by atoms with Crippen molar-refractivity contribution in [3.63, 3.8) is 0 Å². The maximum absolute atomic E-state index is 6.03. The third-order valence-corrected chi connectivity index (χ3v) is 4.63. The van der Waals surface area contributed by atoms with E-state index in [4.69, 9.17) is 19.6 Å². The Morgan fingerprint density at radius 3 is 3.00 bits per heavy atom. The highest BCUT2D eigenvalue weighted by Crippen LogP contribution is 2.26. The van der Waals surface area contributed by atoms with Gasteiger partial charge in [0, 0.05) is 18.2 Å². The first-order chi connectivity index (χ1) is 11.7. The highest BCUT2D eigenvalue weighted by atomic mass is 16.5. The molecule has 1 aromatic carbocycles. The van der Waals surface area contributed by atoms with Crippen molar-refractivity contribution in [2.24, 2.45) is 11.7 Å². The molecule has 130 valence electrons. The molecule has 2 aromatic rings. The average molecular weight is 330 g/mol. The van der Waals surface area contributed by atoms with E-state index in [1.54, 1.807) is 7.11 Å². The fourth-order valence-corrected chi connectivity index (χ4v) is 3.25. The predicted octanol–water partition coefficient (Wildman–Crippen LogP) is 3.69. The van der Waals surface area contributed by atoms with Crippen LogP contribution in [-0.2, 0) is 11.3 Å². The minimum atomic E-state index is 0.334. The summed E-state index contributed by atoms with van der Waals surface area (Å²) in [5, 5.41) is 0. The van der Waals surface area contributed by atoms with Crippen LogP contribution in [0, 0.1) is 12.8 Å². The highest BCUT2D eigenvalue weighted by molar-refractivity contribution is 5.56. The van der Waals surface area contributed by atoms with Crippen molar-refractivity contribution < 1.29 is 13.9 Å².